The number of pyridine rings is 2. The second-order valence-electron chi connectivity index (χ2n) is 8.02. The van der Waals surface area contributed by atoms with Crippen LogP contribution in [0.15, 0.2) is 55.6 Å². The Morgan fingerprint density at radius 2 is 1.88 bits per heavy atom. The van der Waals surface area contributed by atoms with E-state index in [2.05, 4.69) is 65.6 Å². The number of likely N-dealkylation sites (tertiary alicyclic amines) is 1. The molecule has 32 heavy (non-hydrogen) atoms. The fourth-order valence-electron chi connectivity index (χ4n) is 4.59. The lowest BCUT2D eigenvalue weighted by Gasteiger charge is -2.23. The highest BCUT2D eigenvalue weighted by Crippen LogP contribution is 2.29. The van der Waals surface area contributed by atoms with Gasteiger partial charge in [0.2, 0.25) is 0 Å². The SMILES string of the molecule is C=Cc1cnn2ccc(-c3c[nH]c4ncccc34)cc12.CC.CCC1CCC(CC)N1C. The number of hydrogen-bond acceptors (Lipinski definition) is 3. The van der Waals surface area contributed by atoms with E-state index in [4.69, 9.17) is 0 Å². The number of aromatic nitrogens is 4. The monoisotopic (exact) mass is 431 g/mol. The summed E-state index contributed by atoms with van der Waals surface area (Å²) in [6.45, 7) is 12.4. The van der Waals surface area contributed by atoms with E-state index in [1.165, 1.54) is 25.7 Å². The first-order valence-electron chi connectivity index (χ1n) is 11.9. The minimum atomic E-state index is 0.880. The Balaban J connectivity index is 0.000000204. The molecule has 5 rings (SSSR count). The van der Waals surface area contributed by atoms with Crippen molar-refractivity contribution < 1.29 is 0 Å². The van der Waals surface area contributed by atoms with E-state index >= 15 is 0 Å². The van der Waals surface area contributed by atoms with Gasteiger partial charge in [-0.15, -0.1) is 0 Å². The molecule has 5 heteroatoms. The van der Waals surface area contributed by atoms with Gasteiger partial charge in [0.15, 0.2) is 0 Å². The number of hydrogen-bond donors (Lipinski definition) is 1. The van der Waals surface area contributed by atoms with Crippen molar-refractivity contribution >= 4 is 22.6 Å². The van der Waals surface area contributed by atoms with Crippen molar-refractivity contribution in [3.05, 3.63) is 61.2 Å². The first kappa shape index (κ1) is 23.7. The Kier molecular flexibility index (Phi) is 8.23. The van der Waals surface area contributed by atoms with Crippen molar-refractivity contribution in [2.24, 2.45) is 0 Å². The van der Waals surface area contributed by atoms with E-state index in [1.807, 2.05) is 49.1 Å². The lowest BCUT2D eigenvalue weighted by Crippen LogP contribution is -2.31. The normalized spacial score (nSPS) is 18.2. The zero-order chi connectivity index (χ0) is 23.1. The van der Waals surface area contributed by atoms with Crippen molar-refractivity contribution in [3.8, 4) is 11.1 Å². The molecule has 0 radical (unpaired) electrons. The third kappa shape index (κ3) is 4.78. The summed E-state index contributed by atoms with van der Waals surface area (Å²) in [4.78, 5) is 10.1. The fourth-order valence-corrected chi connectivity index (χ4v) is 4.59. The molecule has 170 valence electrons. The van der Waals surface area contributed by atoms with Crippen LogP contribution < -0.4 is 0 Å². The molecule has 4 aromatic rings. The molecule has 2 atom stereocenters. The van der Waals surface area contributed by atoms with Crippen molar-refractivity contribution in [3.63, 3.8) is 0 Å². The molecule has 0 aromatic carbocycles. The van der Waals surface area contributed by atoms with Gasteiger partial charge in [0.05, 0.1) is 11.7 Å². The second-order valence-corrected chi connectivity index (χ2v) is 8.02. The Morgan fingerprint density at radius 3 is 2.50 bits per heavy atom. The average molecular weight is 432 g/mol. The molecule has 0 amide bonds. The summed E-state index contributed by atoms with van der Waals surface area (Å²) in [5, 5.41) is 5.42. The maximum Gasteiger partial charge on any atom is 0.137 e. The van der Waals surface area contributed by atoms with Crippen molar-refractivity contribution in [1.82, 2.24) is 24.5 Å². The van der Waals surface area contributed by atoms with Crippen LogP contribution in [0.2, 0.25) is 0 Å². The predicted octanol–water partition coefficient (Wildman–Crippen LogP) is 6.82. The third-order valence-electron chi connectivity index (χ3n) is 6.46. The van der Waals surface area contributed by atoms with Crippen LogP contribution in [0, 0.1) is 0 Å². The number of H-pyrrole nitrogens is 1. The molecular weight excluding hydrogens is 394 g/mol. The molecule has 0 spiro atoms. The van der Waals surface area contributed by atoms with Crippen LogP contribution in [-0.2, 0) is 0 Å². The van der Waals surface area contributed by atoms with Crippen LogP contribution in [0.5, 0.6) is 0 Å². The quantitative estimate of drug-likeness (QED) is 0.386. The van der Waals surface area contributed by atoms with E-state index < -0.39 is 0 Å². The minimum Gasteiger partial charge on any atom is -0.346 e. The summed E-state index contributed by atoms with van der Waals surface area (Å²) in [5.41, 5.74) is 5.27. The number of nitrogens with zero attached hydrogens (tertiary/aromatic N) is 4. The first-order chi connectivity index (χ1) is 15.7. The van der Waals surface area contributed by atoms with Crippen LogP contribution in [0.4, 0.5) is 0 Å². The van der Waals surface area contributed by atoms with Gasteiger partial charge >= 0.3 is 0 Å². The molecule has 0 aliphatic carbocycles. The molecule has 1 N–H and O–H groups in total. The lowest BCUT2D eigenvalue weighted by atomic mass is 10.1. The number of fused-ring (bicyclic) bond motifs is 2. The maximum atomic E-state index is 4.32. The summed E-state index contributed by atoms with van der Waals surface area (Å²) in [5.74, 6) is 0. The summed E-state index contributed by atoms with van der Waals surface area (Å²) >= 11 is 0. The largest absolute Gasteiger partial charge is 0.346 e. The van der Waals surface area contributed by atoms with Crippen LogP contribution in [-0.4, -0.2) is 43.6 Å². The van der Waals surface area contributed by atoms with Gasteiger partial charge in [0, 0.05) is 47.2 Å². The topological polar surface area (TPSA) is 49.2 Å². The molecule has 1 saturated heterocycles. The van der Waals surface area contributed by atoms with E-state index in [0.717, 1.165) is 45.3 Å². The van der Waals surface area contributed by atoms with Crippen LogP contribution in [0.3, 0.4) is 0 Å². The van der Waals surface area contributed by atoms with Crippen LogP contribution >= 0.6 is 0 Å². The summed E-state index contributed by atoms with van der Waals surface area (Å²) in [6.07, 6.45) is 14.9. The van der Waals surface area contributed by atoms with Gasteiger partial charge in [0.1, 0.15) is 5.65 Å². The van der Waals surface area contributed by atoms with E-state index in [1.54, 1.807) is 6.20 Å². The molecule has 1 fully saturated rings. The number of nitrogens with one attached hydrogen (secondary N) is 1. The van der Waals surface area contributed by atoms with Crippen LogP contribution in [0.25, 0.3) is 33.8 Å². The number of rotatable bonds is 4. The zero-order valence-corrected chi connectivity index (χ0v) is 20.2. The molecule has 4 aromatic heterocycles. The van der Waals surface area contributed by atoms with Gasteiger partial charge in [-0.25, -0.2) is 9.50 Å². The first-order valence-corrected chi connectivity index (χ1v) is 11.9. The molecule has 1 aliphatic rings. The van der Waals surface area contributed by atoms with E-state index in [0.29, 0.717) is 0 Å². The lowest BCUT2D eigenvalue weighted by molar-refractivity contribution is 0.231. The van der Waals surface area contributed by atoms with Gasteiger partial charge in [0.25, 0.3) is 0 Å². The highest BCUT2D eigenvalue weighted by atomic mass is 15.2. The Bertz CT molecular complexity index is 1130. The fraction of sp³-hybridized carbons (Fsp3) is 0.407. The highest BCUT2D eigenvalue weighted by molar-refractivity contribution is 5.94. The Labute approximate surface area is 192 Å². The maximum absolute atomic E-state index is 4.32. The minimum absolute atomic E-state index is 0.880. The van der Waals surface area contributed by atoms with Crippen LogP contribution in [0.1, 0.15) is 58.9 Å². The molecule has 1 aliphatic heterocycles. The van der Waals surface area contributed by atoms with Crippen molar-refractivity contribution in [1.29, 1.82) is 0 Å². The van der Waals surface area contributed by atoms with E-state index in [9.17, 15) is 0 Å². The molecule has 5 nitrogen and oxygen atoms in total. The zero-order valence-electron chi connectivity index (χ0n) is 20.2. The second kappa shape index (κ2) is 11.1. The molecular formula is C27H37N5. The molecule has 0 saturated carbocycles. The molecule has 2 unspecified atom stereocenters. The van der Waals surface area contributed by atoms with Crippen molar-refractivity contribution in [2.75, 3.05) is 7.05 Å². The molecule has 0 bridgehead atoms. The summed E-state index contributed by atoms with van der Waals surface area (Å²) in [7, 11) is 2.27. The Morgan fingerprint density at radius 1 is 1.16 bits per heavy atom. The average Bonchev–Trinajstić information content (AvgIpc) is 3.56. The van der Waals surface area contributed by atoms with Gasteiger partial charge in [-0.3, -0.25) is 0 Å². The van der Waals surface area contributed by atoms with Gasteiger partial charge in [-0.05, 0) is 62.6 Å². The highest BCUT2D eigenvalue weighted by Gasteiger charge is 2.27. The van der Waals surface area contributed by atoms with E-state index in [-0.39, 0.29) is 0 Å². The van der Waals surface area contributed by atoms with Gasteiger partial charge in [-0.2, -0.15) is 5.10 Å². The summed E-state index contributed by atoms with van der Waals surface area (Å²) in [6, 6.07) is 9.96. The molecule has 5 heterocycles. The third-order valence-corrected chi connectivity index (χ3v) is 6.46. The van der Waals surface area contributed by atoms with Crippen molar-refractivity contribution in [2.45, 2.75) is 65.5 Å². The van der Waals surface area contributed by atoms with Gasteiger partial charge < -0.3 is 9.88 Å². The predicted molar refractivity (Wildman–Crippen MR) is 137 cm³/mol. The number of aromatic amines is 1. The standard InChI is InChI=1S/C16H12N4.C9H19N.C2H6/c1-2-11-9-19-20-7-5-12(8-15(11)20)14-10-18-16-13(14)4-3-6-17-16;1-4-8-6-7-9(5-2)10(8)3;1-2/h2-10H,1H2,(H,17,18);8-9H,4-7H2,1-3H3;1-2H3. The smallest absolute Gasteiger partial charge is 0.137 e. The Hall–Kier alpha value is -2.92. The van der Waals surface area contributed by atoms with Gasteiger partial charge in [-0.1, -0.05) is 40.3 Å². The summed E-state index contributed by atoms with van der Waals surface area (Å²) < 4.78 is 1.85.